The van der Waals surface area contributed by atoms with Crippen LogP contribution in [-0.2, 0) is 26.0 Å². The molecular weight excluding hydrogens is 548 g/mol. The van der Waals surface area contributed by atoms with Crippen molar-refractivity contribution >= 4 is 45.0 Å². The quantitative estimate of drug-likeness (QED) is 0.238. The predicted octanol–water partition coefficient (Wildman–Crippen LogP) is -0.855. The molecule has 0 saturated carbocycles. The van der Waals surface area contributed by atoms with Gasteiger partial charge < -0.3 is 22.5 Å². The van der Waals surface area contributed by atoms with Gasteiger partial charge in [0, 0.05) is 13.0 Å². The lowest BCUT2D eigenvalue weighted by Crippen LogP contribution is -2.57. The van der Waals surface area contributed by atoms with E-state index in [0.717, 1.165) is 25.9 Å². The van der Waals surface area contributed by atoms with Crippen molar-refractivity contribution in [3.05, 3.63) is 64.8 Å². The number of carbonyl (C=O) groups excluding carboxylic acids is 4. The third kappa shape index (κ3) is 5.81. The van der Waals surface area contributed by atoms with Crippen LogP contribution in [0.5, 0.6) is 0 Å². The van der Waals surface area contributed by atoms with Crippen LogP contribution in [0.3, 0.4) is 0 Å². The Bertz CT molecular complexity index is 1490. The summed E-state index contributed by atoms with van der Waals surface area (Å²) in [5.41, 5.74) is 16.3. The highest BCUT2D eigenvalue weighted by molar-refractivity contribution is 7.91. The maximum absolute atomic E-state index is 13.6. The number of piperidine rings is 1. The number of benzene rings is 1. The number of aromatic nitrogens is 3. The molecule has 0 aliphatic carbocycles. The van der Waals surface area contributed by atoms with Gasteiger partial charge in [-0.05, 0) is 29.9 Å². The van der Waals surface area contributed by atoms with E-state index in [1.165, 1.54) is 6.07 Å². The number of rotatable bonds is 10. The minimum absolute atomic E-state index is 0.0316. The Kier molecular flexibility index (Phi) is 8.08. The summed E-state index contributed by atoms with van der Waals surface area (Å²) in [6.45, 7) is -0.146. The van der Waals surface area contributed by atoms with Crippen molar-refractivity contribution in [3.8, 4) is 0 Å². The molecule has 14 nitrogen and oxygen atoms in total. The number of nitrogens with two attached hydrogens (primary N) is 3. The molecule has 0 radical (unpaired) electrons. The third-order valence-electron chi connectivity index (χ3n) is 6.34. The minimum atomic E-state index is -4.10. The van der Waals surface area contributed by atoms with E-state index in [-0.39, 0.29) is 35.7 Å². The highest BCUT2D eigenvalue weighted by Gasteiger charge is 2.43. The number of thiophene rings is 1. The average Bonchev–Trinajstić information content (AvgIpc) is 3.60. The smallest absolute Gasteiger partial charge is 0.271 e. The molecule has 3 heterocycles. The fourth-order valence-corrected chi connectivity index (χ4v) is 7.22. The molecular formula is C23H26N8O6S2. The van der Waals surface area contributed by atoms with Crippen LogP contribution in [0.1, 0.15) is 45.4 Å². The van der Waals surface area contributed by atoms with Gasteiger partial charge in [-0.25, -0.2) is 13.1 Å². The Balaban J connectivity index is 1.68. The zero-order valence-electron chi connectivity index (χ0n) is 20.5. The highest BCUT2D eigenvalue weighted by atomic mass is 32.2. The Labute approximate surface area is 227 Å². The first kappa shape index (κ1) is 27.9. The molecule has 39 heavy (non-hydrogen) atoms. The van der Waals surface area contributed by atoms with Crippen molar-refractivity contribution in [2.45, 2.75) is 41.6 Å². The number of amides is 4. The zero-order valence-corrected chi connectivity index (χ0v) is 22.1. The van der Waals surface area contributed by atoms with Crippen LogP contribution in [0.25, 0.3) is 0 Å². The SMILES string of the molecule is NC(=O)c1nnn([C@H]2CCN(S(=O)(=O)c3cccs3)[C@H](C(=O)N[C@H](Cc3ccccc3)C(N)=O)C2)c1C(N)=O. The molecule has 1 aliphatic heterocycles. The first-order chi connectivity index (χ1) is 18.5. The number of nitrogens with zero attached hydrogens (tertiary/aromatic N) is 4. The van der Waals surface area contributed by atoms with Crippen molar-refractivity contribution in [2.75, 3.05) is 6.54 Å². The summed E-state index contributed by atoms with van der Waals surface area (Å²) in [6.07, 6.45) is 0.0290. The highest BCUT2D eigenvalue weighted by Crippen LogP contribution is 2.33. The Hall–Kier alpha value is -4.15. The third-order valence-corrected chi connectivity index (χ3v) is 9.62. The number of primary amides is 3. The number of carbonyl (C=O) groups is 4. The summed E-state index contributed by atoms with van der Waals surface area (Å²) in [6, 6.07) is 8.65. The van der Waals surface area contributed by atoms with Crippen LogP contribution in [0.4, 0.5) is 0 Å². The van der Waals surface area contributed by atoms with Gasteiger partial charge in [0.25, 0.3) is 21.8 Å². The monoisotopic (exact) mass is 574 g/mol. The van der Waals surface area contributed by atoms with Crippen LogP contribution >= 0.6 is 11.3 Å². The van der Waals surface area contributed by atoms with E-state index in [4.69, 9.17) is 17.2 Å². The molecule has 7 N–H and O–H groups in total. The van der Waals surface area contributed by atoms with Gasteiger partial charge in [-0.2, -0.15) is 4.31 Å². The summed E-state index contributed by atoms with van der Waals surface area (Å²) >= 11 is 0.992. The fraction of sp³-hybridized carbons (Fsp3) is 0.304. The van der Waals surface area contributed by atoms with Crippen LogP contribution < -0.4 is 22.5 Å². The summed E-state index contributed by atoms with van der Waals surface area (Å²) in [7, 11) is -4.10. The summed E-state index contributed by atoms with van der Waals surface area (Å²) in [5.74, 6) is -3.60. The lowest BCUT2D eigenvalue weighted by atomic mass is 9.97. The van der Waals surface area contributed by atoms with Crippen LogP contribution in [0.2, 0.25) is 0 Å². The lowest BCUT2D eigenvalue weighted by molar-refractivity contribution is -0.130. The summed E-state index contributed by atoms with van der Waals surface area (Å²) in [4.78, 5) is 49.7. The standard InChI is InChI=1S/C23H26N8O6S2/c24-20(32)15(11-13-5-2-1-3-6-13)27-23(35)16-12-14(31-19(22(26)34)18(21(25)33)28-29-31)8-9-30(16)39(36,37)17-7-4-10-38-17/h1-7,10,14-16H,8-9,11-12H2,(H2,24,32)(H2,25,33)(H2,26,34)(H,27,35)/t14-,15+,16-/m0/s1. The van der Waals surface area contributed by atoms with E-state index in [9.17, 15) is 27.6 Å². The second-order valence-corrected chi connectivity index (χ2v) is 11.9. The Morgan fingerprint density at radius 3 is 2.36 bits per heavy atom. The maximum atomic E-state index is 13.6. The molecule has 0 bridgehead atoms. The van der Waals surface area contributed by atoms with Crippen molar-refractivity contribution < 1.29 is 27.6 Å². The molecule has 1 aromatic carbocycles. The number of nitrogens with one attached hydrogen (secondary N) is 1. The molecule has 1 saturated heterocycles. The predicted molar refractivity (Wildman–Crippen MR) is 139 cm³/mol. The molecule has 16 heteroatoms. The molecule has 1 aliphatic rings. The summed E-state index contributed by atoms with van der Waals surface area (Å²) in [5, 5.41) is 11.7. The number of hydrogen-bond acceptors (Lipinski definition) is 9. The van der Waals surface area contributed by atoms with E-state index in [2.05, 4.69) is 15.6 Å². The lowest BCUT2D eigenvalue weighted by Gasteiger charge is -2.37. The molecule has 1 fully saturated rings. The van der Waals surface area contributed by atoms with E-state index in [1.807, 2.05) is 0 Å². The van der Waals surface area contributed by atoms with E-state index in [1.54, 1.807) is 41.8 Å². The number of hydrogen-bond donors (Lipinski definition) is 4. The van der Waals surface area contributed by atoms with Crippen LogP contribution in [0, 0.1) is 0 Å². The molecule has 4 amide bonds. The molecule has 0 spiro atoms. The largest absolute Gasteiger partial charge is 0.368 e. The maximum Gasteiger partial charge on any atom is 0.271 e. The molecule has 0 unspecified atom stereocenters. The van der Waals surface area contributed by atoms with Gasteiger partial charge in [-0.3, -0.25) is 19.2 Å². The summed E-state index contributed by atoms with van der Waals surface area (Å²) < 4.78 is 29.1. The molecule has 3 aromatic rings. The van der Waals surface area contributed by atoms with Gasteiger partial charge >= 0.3 is 0 Å². The van der Waals surface area contributed by atoms with Crippen molar-refractivity contribution in [1.29, 1.82) is 0 Å². The van der Waals surface area contributed by atoms with E-state index < -0.39 is 57.5 Å². The van der Waals surface area contributed by atoms with Gasteiger partial charge in [-0.15, -0.1) is 16.4 Å². The first-order valence-corrected chi connectivity index (χ1v) is 14.1. The van der Waals surface area contributed by atoms with Crippen molar-refractivity contribution in [3.63, 3.8) is 0 Å². The molecule has 206 valence electrons. The molecule has 3 atom stereocenters. The molecule has 2 aromatic heterocycles. The van der Waals surface area contributed by atoms with Gasteiger partial charge in [0.05, 0.1) is 6.04 Å². The van der Waals surface area contributed by atoms with E-state index in [0.29, 0.717) is 0 Å². The normalized spacial score (nSPS) is 18.8. The molecule has 4 rings (SSSR count). The van der Waals surface area contributed by atoms with Crippen LogP contribution in [-0.4, -0.2) is 70.0 Å². The second-order valence-electron chi connectivity index (χ2n) is 8.85. The second kappa shape index (κ2) is 11.3. The van der Waals surface area contributed by atoms with Gasteiger partial charge in [0.2, 0.25) is 11.8 Å². The fourth-order valence-electron chi connectivity index (χ4n) is 4.48. The topological polar surface area (TPSA) is 226 Å². The van der Waals surface area contributed by atoms with Crippen molar-refractivity contribution in [2.24, 2.45) is 17.2 Å². The first-order valence-electron chi connectivity index (χ1n) is 11.7. The minimum Gasteiger partial charge on any atom is -0.368 e. The van der Waals surface area contributed by atoms with Crippen LogP contribution in [0.15, 0.2) is 52.1 Å². The van der Waals surface area contributed by atoms with Crippen molar-refractivity contribution in [1.82, 2.24) is 24.6 Å². The van der Waals surface area contributed by atoms with E-state index >= 15 is 0 Å². The van der Waals surface area contributed by atoms with Gasteiger partial charge in [0.15, 0.2) is 11.4 Å². The zero-order chi connectivity index (χ0) is 28.3. The Morgan fingerprint density at radius 1 is 1.05 bits per heavy atom. The van der Waals surface area contributed by atoms with Gasteiger partial charge in [-0.1, -0.05) is 41.6 Å². The van der Waals surface area contributed by atoms with Gasteiger partial charge in [0.1, 0.15) is 16.3 Å². The average molecular weight is 575 g/mol. The number of sulfonamides is 1. The Morgan fingerprint density at radius 2 is 1.77 bits per heavy atom.